The fraction of sp³-hybridized carbons (Fsp3) is 0.333. The van der Waals surface area contributed by atoms with Crippen LogP contribution >= 0.6 is 11.6 Å². The molecule has 1 aliphatic heterocycles. The standard InChI is InChI=1S/C12H12ClN3O4/c13-9-2-1-8(16(19)20)5-7(9)6-14-10-3-4-11(17)15-12(10)18/h1-2,5,10,14H,3-4,6H2,(H,15,17,18). The molecule has 2 amide bonds. The number of non-ortho nitro benzene ring substituents is 1. The molecule has 1 fully saturated rings. The molecule has 0 radical (unpaired) electrons. The molecule has 1 heterocycles. The van der Waals surface area contributed by atoms with Gasteiger partial charge in [0.15, 0.2) is 0 Å². The van der Waals surface area contributed by atoms with E-state index in [1.807, 2.05) is 0 Å². The van der Waals surface area contributed by atoms with Gasteiger partial charge in [0.1, 0.15) is 0 Å². The highest BCUT2D eigenvalue weighted by Gasteiger charge is 2.26. The third kappa shape index (κ3) is 3.31. The minimum Gasteiger partial charge on any atom is -0.302 e. The van der Waals surface area contributed by atoms with Crippen LogP contribution < -0.4 is 10.6 Å². The zero-order chi connectivity index (χ0) is 14.7. The van der Waals surface area contributed by atoms with Crippen LogP contribution in [0.5, 0.6) is 0 Å². The Kier molecular flexibility index (Phi) is 4.31. The zero-order valence-corrected chi connectivity index (χ0v) is 11.1. The first kappa shape index (κ1) is 14.4. The Morgan fingerprint density at radius 3 is 2.85 bits per heavy atom. The number of nitro benzene ring substituents is 1. The van der Waals surface area contributed by atoms with Gasteiger partial charge in [-0.05, 0) is 18.1 Å². The molecule has 1 atom stereocenters. The molecule has 0 spiro atoms. The van der Waals surface area contributed by atoms with Crippen molar-refractivity contribution < 1.29 is 14.5 Å². The van der Waals surface area contributed by atoms with Gasteiger partial charge in [0.25, 0.3) is 5.69 Å². The van der Waals surface area contributed by atoms with Crippen LogP contribution in [0.4, 0.5) is 5.69 Å². The molecule has 1 aromatic rings. The van der Waals surface area contributed by atoms with Crippen molar-refractivity contribution in [3.8, 4) is 0 Å². The lowest BCUT2D eigenvalue weighted by molar-refractivity contribution is -0.384. The zero-order valence-electron chi connectivity index (χ0n) is 10.4. The third-order valence-corrected chi connectivity index (χ3v) is 3.39. The van der Waals surface area contributed by atoms with Crippen molar-refractivity contribution in [2.24, 2.45) is 0 Å². The Balaban J connectivity index is 2.03. The number of benzene rings is 1. The summed E-state index contributed by atoms with van der Waals surface area (Å²) in [5.41, 5.74) is 0.472. The summed E-state index contributed by atoms with van der Waals surface area (Å²) in [6, 6.07) is 3.63. The van der Waals surface area contributed by atoms with Gasteiger partial charge in [-0.25, -0.2) is 0 Å². The Bertz CT molecular complexity index is 576. The van der Waals surface area contributed by atoms with Gasteiger partial charge < -0.3 is 5.32 Å². The number of amides is 2. The summed E-state index contributed by atoms with van der Waals surface area (Å²) in [4.78, 5) is 32.8. The van der Waals surface area contributed by atoms with Gasteiger partial charge in [0.05, 0.1) is 11.0 Å². The average Bonchev–Trinajstić information content (AvgIpc) is 2.39. The van der Waals surface area contributed by atoms with E-state index in [9.17, 15) is 19.7 Å². The molecule has 2 rings (SSSR count). The molecule has 0 saturated carbocycles. The van der Waals surface area contributed by atoms with Crippen LogP contribution in [0, 0.1) is 10.1 Å². The van der Waals surface area contributed by atoms with Crippen molar-refractivity contribution in [2.75, 3.05) is 0 Å². The van der Waals surface area contributed by atoms with E-state index in [4.69, 9.17) is 11.6 Å². The molecule has 8 heteroatoms. The summed E-state index contributed by atoms with van der Waals surface area (Å²) in [6.45, 7) is 0.215. The van der Waals surface area contributed by atoms with Crippen molar-refractivity contribution in [1.82, 2.24) is 10.6 Å². The minimum atomic E-state index is -0.508. The van der Waals surface area contributed by atoms with Gasteiger partial charge in [-0.1, -0.05) is 11.6 Å². The first-order chi connectivity index (χ1) is 9.47. The highest BCUT2D eigenvalue weighted by atomic mass is 35.5. The van der Waals surface area contributed by atoms with E-state index < -0.39 is 11.0 Å². The molecule has 1 aliphatic rings. The lowest BCUT2D eigenvalue weighted by atomic mass is 10.1. The maximum Gasteiger partial charge on any atom is 0.269 e. The molecule has 20 heavy (non-hydrogen) atoms. The Hall–Kier alpha value is -1.99. The van der Waals surface area contributed by atoms with Gasteiger partial charge >= 0.3 is 0 Å². The van der Waals surface area contributed by atoms with Crippen molar-refractivity contribution >= 4 is 29.1 Å². The second-order valence-corrected chi connectivity index (χ2v) is 4.82. The SMILES string of the molecule is O=C1CCC(NCc2cc([N+](=O)[O-])ccc2Cl)C(=O)N1. The number of imide groups is 1. The molecule has 7 nitrogen and oxygen atoms in total. The number of nitro groups is 1. The molecule has 106 valence electrons. The van der Waals surface area contributed by atoms with Gasteiger partial charge in [-0.3, -0.25) is 25.0 Å². The van der Waals surface area contributed by atoms with E-state index in [1.165, 1.54) is 18.2 Å². The molecule has 1 aromatic carbocycles. The quantitative estimate of drug-likeness (QED) is 0.493. The molecule has 0 aliphatic carbocycles. The number of halogens is 1. The lowest BCUT2D eigenvalue weighted by Crippen LogP contribution is -2.50. The largest absolute Gasteiger partial charge is 0.302 e. The van der Waals surface area contributed by atoms with Crippen LogP contribution in [-0.2, 0) is 16.1 Å². The summed E-state index contributed by atoms with van der Waals surface area (Å²) in [5, 5.41) is 16.3. The number of rotatable bonds is 4. The maximum absolute atomic E-state index is 11.6. The summed E-state index contributed by atoms with van der Waals surface area (Å²) >= 11 is 5.96. The van der Waals surface area contributed by atoms with Crippen LogP contribution in [0.25, 0.3) is 0 Å². The molecule has 2 N–H and O–H groups in total. The van der Waals surface area contributed by atoms with E-state index in [-0.39, 0.29) is 30.5 Å². The van der Waals surface area contributed by atoms with E-state index in [2.05, 4.69) is 10.6 Å². The smallest absolute Gasteiger partial charge is 0.269 e. The van der Waals surface area contributed by atoms with E-state index in [0.717, 1.165) is 0 Å². The fourth-order valence-electron chi connectivity index (χ4n) is 1.93. The first-order valence-corrected chi connectivity index (χ1v) is 6.35. The second-order valence-electron chi connectivity index (χ2n) is 4.42. The van der Waals surface area contributed by atoms with Gasteiger partial charge in [-0.15, -0.1) is 0 Å². The van der Waals surface area contributed by atoms with E-state index >= 15 is 0 Å². The molecule has 0 bridgehead atoms. The molecule has 1 unspecified atom stereocenters. The van der Waals surface area contributed by atoms with Crippen molar-refractivity contribution in [3.05, 3.63) is 38.9 Å². The number of hydrogen-bond donors (Lipinski definition) is 2. The molecule has 0 aromatic heterocycles. The van der Waals surface area contributed by atoms with Crippen molar-refractivity contribution in [3.63, 3.8) is 0 Å². The van der Waals surface area contributed by atoms with Gasteiger partial charge in [-0.2, -0.15) is 0 Å². The number of nitrogens with one attached hydrogen (secondary N) is 2. The topological polar surface area (TPSA) is 101 Å². The van der Waals surface area contributed by atoms with Crippen LogP contribution in [0.3, 0.4) is 0 Å². The van der Waals surface area contributed by atoms with Crippen LogP contribution in [0.1, 0.15) is 18.4 Å². The summed E-state index contributed by atoms with van der Waals surface area (Å²) in [5.74, 6) is -0.677. The highest BCUT2D eigenvalue weighted by Crippen LogP contribution is 2.22. The number of carbonyl (C=O) groups is 2. The number of carbonyl (C=O) groups excluding carboxylic acids is 2. The fourth-order valence-corrected chi connectivity index (χ4v) is 2.12. The maximum atomic E-state index is 11.6. The van der Waals surface area contributed by atoms with Crippen LogP contribution in [0.15, 0.2) is 18.2 Å². The second kappa shape index (κ2) is 5.98. The molecular formula is C12H12ClN3O4. The average molecular weight is 298 g/mol. The summed E-state index contributed by atoms with van der Waals surface area (Å²) < 4.78 is 0. The van der Waals surface area contributed by atoms with Crippen molar-refractivity contribution in [1.29, 1.82) is 0 Å². The van der Waals surface area contributed by atoms with E-state index in [1.54, 1.807) is 0 Å². The Morgan fingerprint density at radius 1 is 1.45 bits per heavy atom. The van der Waals surface area contributed by atoms with Crippen molar-refractivity contribution in [2.45, 2.75) is 25.4 Å². The number of piperidine rings is 1. The molecule has 1 saturated heterocycles. The third-order valence-electron chi connectivity index (χ3n) is 3.02. The number of hydrogen-bond acceptors (Lipinski definition) is 5. The Morgan fingerprint density at radius 2 is 2.20 bits per heavy atom. The summed E-state index contributed by atoms with van der Waals surface area (Å²) in [6.07, 6.45) is 0.670. The predicted octanol–water partition coefficient (Wildman–Crippen LogP) is 1.14. The minimum absolute atomic E-state index is 0.0607. The summed E-state index contributed by atoms with van der Waals surface area (Å²) in [7, 11) is 0. The Labute approximate surface area is 119 Å². The predicted molar refractivity (Wildman–Crippen MR) is 71.1 cm³/mol. The van der Waals surface area contributed by atoms with Crippen LogP contribution in [0.2, 0.25) is 5.02 Å². The normalized spacial score (nSPS) is 18.8. The van der Waals surface area contributed by atoms with E-state index in [0.29, 0.717) is 17.0 Å². The van der Waals surface area contributed by atoms with Gasteiger partial charge in [0, 0.05) is 30.1 Å². The molecular weight excluding hydrogens is 286 g/mol. The van der Waals surface area contributed by atoms with Gasteiger partial charge in [0.2, 0.25) is 11.8 Å². The monoisotopic (exact) mass is 297 g/mol. The lowest BCUT2D eigenvalue weighted by Gasteiger charge is -2.22. The first-order valence-electron chi connectivity index (χ1n) is 5.97. The van der Waals surface area contributed by atoms with Crippen LogP contribution in [-0.4, -0.2) is 22.8 Å². The number of nitrogens with zero attached hydrogens (tertiary/aromatic N) is 1. The highest BCUT2D eigenvalue weighted by molar-refractivity contribution is 6.31.